The highest BCUT2D eigenvalue weighted by molar-refractivity contribution is 6.29. The second-order valence-electron chi connectivity index (χ2n) is 6.59. The smallest absolute Gasteiger partial charge is 0.241 e. The van der Waals surface area contributed by atoms with Crippen molar-refractivity contribution in [2.24, 2.45) is 0 Å². The van der Waals surface area contributed by atoms with Crippen molar-refractivity contribution in [1.29, 1.82) is 0 Å². The van der Waals surface area contributed by atoms with Gasteiger partial charge in [0, 0.05) is 23.7 Å². The Morgan fingerprint density at radius 2 is 2.00 bits per heavy atom. The topological polar surface area (TPSA) is 53.4 Å². The third-order valence-corrected chi connectivity index (χ3v) is 4.52. The van der Waals surface area contributed by atoms with E-state index in [2.05, 4.69) is 4.98 Å². The molecule has 0 saturated carbocycles. The van der Waals surface area contributed by atoms with Crippen molar-refractivity contribution in [3.63, 3.8) is 0 Å². The lowest BCUT2D eigenvalue weighted by Crippen LogP contribution is -2.34. The average molecular weight is 385 g/mol. The zero-order valence-electron chi connectivity index (χ0n) is 13.9. The van der Waals surface area contributed by atoms with Crippen LogP contribution in [0.2, 0.25) is 0 Å². The monoisotopic (exact) mass is 384 g/mol. The van der Waals surface area contributed by atoms with Crippen LogP contribution in [0, 0.1) is 5.82 Å². The predicted molar refractivity (Wildman–Crippen MR) is 98.0 cm³/mol. The van der Waals surface area contributed by atoms with Gasteiger partial charge in [0.1, 0.15) is 17.8 Å². The molecule has 0 bridgehead atoms. The largest absolute Gasteiger partial charge is 0.384 e. The lowest BCUT2D eigenvalue weighted by Gasteiger charge is -2.19. The number of hydrogen-bond donors (Lipinski definition) is 1. The van der Waals surface area contributed by atoms with E-state index in [1.54, 1.807) is 17.2 Å². The molecule has 0 radical (unpaired) electrons. The fourth-order valence-corrected chi connectivity index (χ4v) is 3.18. The number of aliphatic hydroxyl groups excluding tert-OH is 1. The highest BCUT2D eigenvalue weighted by atomic mass is 35.5. The van der Waals surface area contributed by atoms with Crippen LogP contribution in [0.4, 0.5) is 10.1 Å². The van der Waals surface area contributed by atoms with Crippen LogP contribution >= 0.6 is 24.0 Å². The molecule has 1 aromatic carbocycles. The van der Waals surface area contributed by atoms with Crippen LogP contribution < -0.4 is 4.90 Å². The molecule has 1 aliphatic rings. The number of alkyl halides is 1. The van der Waals surface area contributed by atoms with Gasteiger partial charge in [0.15, 0.2) is 0 Å². The molecule has 0 aliphatic carbocycles. The first kappa shape index (κ1) is 19.6. The summed E-state index contributed by atoms with van der Waals surface area (Å²) in [4.78, 5) is 18.2. The first-order valence-corrected chi connectivity index (χ1v) is 8.17. The van der Waals surface area contributed by atoms with Gasteiger partial charge in [-0.1, -0.05) is 26.0 Å². The average Bonchev–Trinajstić information content (AvgIpc) is 2.85. The molecule has 0 fully saturated rings. The minimum atomic E-state index is -0.944. The number of anilines is 1. The maximum absolute atomic E-state index is 13.0. The lowest BCUT2D eigenvalue weighted by atomic mass is 9.90. The van der Waals surface area contributed by atoms with Crippen molar-refractivity contribution < 1.29 is 14.3 Å². The Bertz CT molecular complexity index is 781. The van der Waals surface area contributed by atoms with Gasteiger partial charge in [-0.25, -0.2) is 4.39 Å². The van der Waals surface area contributed by atoms with E-state index in [0.29, 0.717) is 23.4 Å². The number of pyridine rings is 1. The van der Waals surface area contributed by atoms with Gasteiger partial charge in [0.25, 0.3) is 0 Å². The van der Waals surface area contributed by atoms with Crippen LogP contribution in [-0.4, -0.2) is 28.4 Å². The maximum Gasteiger partial charge on any atom is 0.241 e. The van der Waals surface area contributed by atoms with Crippen LogP contribution in [0.15, 0.2) is 36.5 Å². The van der Waals surface area contributed by atoms with E-state index in [4.69, 9.17) is 11.6 Å². The van der Waals surface area contributed by atoms with E-state index in [9.17, 15) is 14.3 Å². The predicted octanol–water partition coefficient (Wildman–Crippen LogP) is 3.59. The molecule has 1 aromatic heterocycles. The van der Waals surface area contributed by atoms with Crippen LogP contribution in [-0.2, 0) is 10.2 Å². The highest BCUT2D eigenvalue weighted by Crippen LogP contribution is 2.40. The minimum absolute atomic E-state index is 0. The SMILES string of the molecule is CC1(C)CN(C(=O)CCl)c2cc(C(O)c3ccc(F)cc3)cnc21.Cl. The summed E-state index contributed by atoms with van der Waals surface area (Å²) >= 11 is 5.71. The Labute approximate surface area is 157 Å². The number of halogens is 3. The number of benzene rings is 1. The number of fused-ring (bicyclic) bond motifs is 1. The van der Waals surface area contributed by atoms with Gasteiger partial charge < -0.3 is 10.0 Å². The summed E-state index contributed by atoms with van der Waals surface area (Å²) in [6, 6.07) is 7.41. The molecular formula is C18H19Cl2FN2O2. The zero-order valence-corrected chi connectivity index (χ0v) is 15.4. The van der Waals surface area contributed by atoms with Crippen LogP contribution in [0.25, 0.3) is 0 Å². The second-order valence-corrected chi connectivity index (χ2v) is 6.86. The molecule has 25 heavy (non-hydrogen) atoms. The molecule has 7 heteroatoms. The van der Waals surface area contributed by atoms with Crippen molar-refractivity contribution in [1.82, 2.24) is 4.98 Å². The van der Waals surface area contributed by atoms with E-state index in [0.717, 1.165) is 5.69 Å². The molecule has 0 saturated heterocycles. The summed E-state index contributed by atoms with van der Waals surface area (Å²) < 4.78 is 13.0. The van der Waals surface area contributed by atoms with E-state index in [1.165, 1.54) is 24.3 Å². The van der Waals surface area contributed by atoms with Crippen LogP contribution in [0.1, 0.15) is 36.8 Å². The molecule has 1 N–H and O–H groups in total. The van der Waals surface area contributed by atoms with E-state index < -0.39 is 6.10 Å². The number of carbonyl (C=O) groups is 1. The molecule has 3 rings (SSSR count). The molecule has 2 heterocycles. The summed E-state index contributed by atoms with van der Waals surface area (Å²) in [5.74, 6) is -0.669. The molecule has 2 aromatic rings. The fraction of sp³-hybridized carbons (Fsp3) is 0.333. The van der Waals surface area contributed by atoms with Crippen LogP contribution in [0.5, 0.6) is 0 Å². The Balaban J connectivity index is 0.00000225. The number of amides is 1. The Kier molecular flexibility index (Phi) is 5.72. The third kappa shape index (κ3) is 3.64. The van der Waals surface area contributed by atoms with Crippen molar-refractivity contribution in [3.05, 3.63) is 59.2 Å². The number of carbonyl (C=O) groups excluding carboxylic acids is 1. The van der Waals surface area contributed by atoms with Crippen molar-refractivity contribution in [2.45, 2.75) is 25.4 Å². The van der Waals surface area contributed by atoms with Crippen molar-refractivity contribution in [3.8, 4) is 0 Å². The summed E-state index contributed by atoms with van der Waals surface area (Å²) in [6.45, 7) is 4.52. The number of aliphatic hydroxyl groups is 1. The van der Waals surface area contributed by atoms with Crippen LogP contribution in [0.3, 0.4) is 0 Å². The fourth-order valence-electron chi connectivity index (χ4n) is 3.03. The van der Waals surface area contributed by atoms with Crippen molar-refractivity contribution in [2.75, 3.05) is 17.3 Å². The summed E-state index contributed by atoms with van der Waals surface area (Å²) in [7, 11) is 0. The normalized spacial score (nSPS) is 16.1. The van der Waals surface area contributed by atoms with Gasteiger partial charge in [0.2, 0.25) is 5.91 Å². The molecule has 4 nitrogen and oxygen atoms in total. The third-order valence-electron chi connectivity index (χ3n) is 4.29. The minimum Gasteiger partial charge on any atom is -0.384 e. The van der Waals surface area contributed by atoms with Gasteiger partial charge in [-0.05, 0) is 23.8 Å². The first-order valence-electron chi connectivity index (χ1n) is 7.64. The van der Waals surface area contributed by atoms with E-state index >= 15 is 0 Å². The number of rotatable bonds is 3. The standard InChI is InChI=1S/C18H18ClFN2O2.ClH/c1-18(2)10-22(15(23)8-19)14-7-12(9-21-17(14)18)16(24)11-3-5-13(20)6-4-11;/h3-7,9,16,24H,8,10H2,1-2H3;1H. The van der Waals surface area contributed by atoms with E-state index in [-0.39, 0.29) is 35.4 Å². The highest BCUT2D eigenvalue weighted by Gasteiger charge is 2.39. The summed E-state index contributed by atoms with van der Waals surface area (Å²) in [5, 5.41) is 10.5. The molecule has 1 unspecified atom stereocenters. The van der Waals surface area contributed by atoms with Gasteiger partial charge in [-0.15, -0.1) is 24.0 Å². The summed E-state index contributed by atoms with van der Waals surface area (Å²) in [5.41, 5.74) is 2.30. The van der Waals surface area contributed by atoms with Crippen molar-refractivity contribution >= 4 is 35.6 Å². The molecule has 0 spiro atoms. The number of aromatic nitrogens is 1. The Morgan fingerprint density at radius 1 is 1.36 bits per heavy atom. The van der Waals surface area contributed by atoms with E-state index in [1.807, 2.05) is 13.8 Å². The molecular weight excluding hydrogens is 366 g/mol. The van der Waals surface area contributed by atoms with Gasteiger partial charge >= 0.3 is 0 Å². The first-order chi connectivity index (χ1) is 11.3. The van der Waals surface area contributed by atoms with Gasteiger partial charge in [-0.3, -0.25) is 9.78 Å². The number of hydrogen-bond acceptors (Lipinski definition) is 3. The number of nitrogens with zero attached hydrogens (tertiary/aromatic N) is 2. The molecule has 134 valence electrons. The molecule has 1 aliphatic heterocycles. The lowest BCUT2D eigenvalue weighted by molar-refractivity contribution is -0.116. The Morgan fingerprint density at radius 3 is 2.60 bits per heavy atom. The molecule has 1 atom stereocenters. The molecule has 1 amide bonds. The quantitative estimate of drug-likeness (QED) is 0.822. The Hall–Kier alpha value is -1.69. The second kappa shape index (κ2) is 7.28. The summed E-state index contributed by atoms with van der Waals surface area (Å²) in [6.07, 6.45) is 0.656. The maximum atomic E-state index is 13.0. The van der Waals surface area contributed by atoms with Gasteiger partial charge in [0.05, 0.1) is 11.4 Å². The zero-order chi connectivity index (χ0) is 17.5. The van der Waals surface area contributed by atoms with Gasteiger partial charge in [-0.2, -0.15) is 0 Å².